The maximum atomic E-state index is 3.87. The zero-order valence-electron chi connectivity index (χ0n) is 12.4. The van der Waals surface area contributed by atoms with Crippen molar-refractivity contribution in [3.05, 3.63) is 33.4 Å². The lowest BCUT2D eigenvalue weighted by molar-refractivity contribution is 0.0573. The van der Waals surface area contributed by atoms with E-state index in [1.54, 1.807) is 0 Å². The van der Waals surface area contributed by atoms with Crippen LogP contribution in [0.15, 0.2) is 24.3 Å². The number of halogens is 1. The molecule has 1 aromatic carbocycles. The number of nitrogens with one attached hydrogen (secondary N) is 1. The molecule has 0 aromatic heterocycles. The number of hydrogen-bond donors (Lipinski definition) is 1. The van der Waals surface area contributed by atoms with Crippen molar-refractivity contribution in [2.45, 2.75) is 57.2 Å². The Labute approximate surface area is 136 Å². The van der Waals surface area contributed by atoms with E-state index in [-0.39, 0.29) is 0 Å². The molecule has 1 aromatic rings. The Morgan fingerprint density at radius 1 is 1.20 bits per heavy atom. The molecule has 1 saturated carbocycles. The van der Waals surface area contributed by atoms with Crippen molar-refractivity contribution in [2.24, 2.45) is 0 Å². The SMILES string of the molecule is CC1CNC2(CCCCC2)CN1Cc1ccc(I)cc1. The fourth-order valence-electron chi connectivity index (χ4n) is 3.69. The summed E-state index contributed by atoms with van der Waals surface area (Å²) in [5.41, 5.74) is 1.86. The van der Waals surface area contributed by atoms with E-state index in [4.69, 9.17) is 0 Å². The third kappa shape index (κ3) is 3.37. The predicted molar refractivity (Wildman–Crippen MR) is 92.8 cm³/mol. The van der Waals surface area contributed by atoms with Crippen LogP contribution < -0.4 is 5.32 Å². The number of rotatable bonds is 2. The van der Waals surface area contributed by atoms with Gasteiger partial charge in [-0.15, -0.1) is 0 Å². The summed E-state index contributed by atoms with van der Waals surface area (Å²) in [6, 6.07) is 9.65. The van der Waals surface area contributed by atoms with E-state index in [2.05, 4.69) is 64.0 Å². The van der Waals surface area contributed by atoms with Crippen molar-refractivity contribution >= 4 is 22.6 Å². The minimum atomic E-state index is 0.411. The van der Waals surface area contributed by atoms with Gasteiger partial charge in [-0.05, 0) is 60.1 Å². The molecule has 1 spiro atoms. The second-order valence-corrected chi connectivity index (χ2v) is 7.85. The zero-order chi connectivity index (χ0) is 14.0. The summed E-state index contributed by atoms with van der Waals surface area (Å²) in [5.74, 6) is 0. The first-order valence-electron chi connectivity index (χ1n) is 7.90. The van der Waals surface area contributed by atoms with Crippen LogP contribution >= 0.6 is 22.6 Å². The Morgan fingerprint density at radius 3 is 2.60 bits per heavy atom. The molecule has 1 aliphatic heterocycles. The molecule has 3 heteroatoms. The molecular weight excluding hydrogens is 359 g/mol. The van der Waals surface area contributed by atoms with E-state index in [0.29, 0.717) is 11.6 Å². The summed E-state index contributed by atoms with van der Waals surface area (Å²) in [6.45, 7) is 5.82. The monoisotopic (exact) mass is 384 g/mol. The van der Waals surface area contributed by atoms with Gasteiger partial charge >= 0.3 is 0 Å². The highest BCUT2D eigenvalue weighted by molar-refractivity contribution is 14.1. The Bertz CT molecular complexity index is 437. The first-order valence-corrected chi connectivity index (χ1v) is 8.98. The van der Waals surface area contributed by atoms with Crippen LogP contribution in [-0.2, 0) is 6.54 Å². The predicted octanol–water partition coefficient (Wildman–Crippen LogP) is 3.79. The van der Waals surface area contributed by atoms with E-state index in [0.717, 1.165) is 13.1 Å². The van der Waals surface area contributed by atoms with E-state index in [1.807, 2.05) is 0 Å². The van der Waals surface area contributed by atoms with Crippen LogP contribution in [0.3, 0.4) is 0 Å². The molecule has 1 N–H and O–H groups in total. The van der Waals surface area contributed by atoms with Gasteiger partial charge in [0, 0.05) is 34.8 Å². The van der Waals surface area contributed by atoms with Crippen LogP contribution in [-0.4, -0.2) is 29.6 Å². The highest BCUT2D eigenvalue weighted by Crippen LogP contribution is 2.32. The van der Waals surface area contributed by atoms with E-state index < -0.39 is 0 Å². The van der Waals surface area contributed by atoms with Crippen LogP contribution in [0.25, 0.3) is 0 Å². The number of hydrogen-bond acceptors (Lipinski definition) is 2. The molecule has 2 aliphatic rings. The molecule has 20 heavy (non-hydrogen) atoms. The van der Waals surface area contributed by atoms with Crippen LogP contribution in [0.2, 0.25) is 0 Å². The molecule has 1 heterocycles. The van der Waals surface area contributed by atoms with Gasteiger partial charge in [-0.2, -0.15) is 0 Å². The first kappa shape index (κ1) is 14.8. The molecule has 1 aliphatic carbocycles. The molecule has 3 rings (SSSR count). The van der Waals surface area contributed by atoms with Crippen molar-refractivity contribution < 1.29 is 0 Å². The van der Waals surface area contributed by atoms with Crippen molar-refractivity contribution in [2.75, 3.05) is 13.1 Å². The standard InChI is InChI=1S/C17H25IN2/c1-14-11-19-17(9-3-2-4-10-17)13-20(14)12-15-5-7-16(18)8-6-15/h5-8,14,19H,2-4,9-13H2,1H3. The molecule has 0 amide bonds. The average Bonchev–Trinajstić information content (AvgIpc) is 2.47. The quantitative estimate of drug-likeness (QED) is 0.781. The number of piperazine rings is 1. The zero-order valence-corrected chi connectivity index (χ0v) is 14.5. The van der Waals surface area contributed by atoms with Crippen LogP contribution in [0.1, 0.15) is 44.6 Å². The van der Waals surface area contributed by atoms with E-state index >= 15 is 0 Å². The van der Waals surface area contributed by atoms with Gasteiger partial charge in [0.1, 0.15) is 0 Å². The summed E-state index contributed by atoms with van der Waals surface area (Å²) < 4.78 is 1.32. The molecule has 110 valence electrons. The summed E-state index contributed by atoms with van der Waals surface area (Å²) >= 11 is 2.38. The van der Waals surface area contributed by atoms with Gasteiger partial charge in [-0.1, -0.05) is 31.4 Å². The summed E-state index contributed by atoms with van der Waals surface area (Å²) in [4.78, 5) is 2.68. The lowest BCUT2D eigenvalue weighted by atomic mass is 9.79. The lowest BCUT2D eigenvalue weighted by Crippen LogP contribution is -2.63. The molecule has 1 atom stereocenters. The third-order valence-corrected chi connectivity index (χ3v) is 5.73. The van der Waals surface area contributed by atoms with Gasteiger partial charge < -0.3 is 5.32 Å². The van der Waals surface area contributed by atoms with Gasteiger partial charge in [0.05, 0.1) is 0 Å². The Morgan fingerprint density at radius 2 is 1.90 bits per heavy atom. The Hall–Kier alpha value is -0.130. The fourth-order valence-corrected chi connectivity index (χ4v) is 4.05. The molecular formula is C17H25IN2. The van der Waals surface area contributed by atoms with Gasteiger partial charge in [-0.3, -0.25) is 4.90 Å². The van der Waals surface area contributed by atoms with Crippen molar-refractivity contribution in [1.82, 2.24) is 10.2 Å². The second kappa shape index (κ2) is 6.32. The molecule has 0 bridgehead atoms. The summed E-state index contributed by atoms with van der Waals surface area (Å²) in [6.07, 6.45) is 6.96. The largest absolute Gasteiger partial charge is 0.308 e. The van der Waals surface area contributed by atoms with Gasteiger partial charge in [0.25, 0.3) is 0 Å². The first-order chi connectivity index (χ1) is 9.67. The van der Waals surface area contributed by atoms with Crippen LogP contribution in [0.4, 0.5) is 0 Å². The van der Waals surface area contributed by atoms with Gasteiger partial charge in [0.15, 0.2) is 0 Å². The van der Waals surface area contributed by atoms with Crippen LogP contribution in [0.5, 0.6) is 0 Å². The number of nitrogens with zero attached hydrogens (tertiary/aromatic N) is 1. The summed E-state index contributed by atoms with van der Waals surface area (Å²) in [7, 11) is 0. The highest BCUT2D eigenvalue weighted by Gasteiger charge is 2.38. The van der Waals surface area contributed by atoms with Gasteiger partial charge in [-0.25, -0.2) is 0 Å². The van der Waals surface area contributed by atoms with E-state index in [1.165, 1.54) is 47.8 Å². The minimum absolute atomic E-state index is 0.411. The maximum Gasteiger partial charge on any atom is 0.0309 e. The molecule has 1 saturated heterocycles. The van der Waals surface area contributed by atoms with Gasteiger partial charge in [0.2, 0.25) is 0 Å². The number of benzene rings is 1. The minimum Gasteiger partial charge on any atom is -0.308 e. The smallest absolute Gasteiger partial charge is 0.0309 e. The highest BCUT2D eigenvalue weighted by atomic mass is 127. The molecule has 1 unspecified atom stereocenters. The second-order valence-electron chi connectivity index (χ2n) is 6.60. The normalized spacial score (nSPS) is 26.8. The fraction of sp³-hybridized carbons (Fsp3) is 0.647. The Balaban J connectivity index is 1.69. The molecule has 0 radical (unpaired) electrons. The summed E-state index contributed by atoms with van der Waals surface area (Å²) in [5, 5.41) is 3.87. The van der Waals surface area contributed by atoms with Crippen molar-refractivity contribution in [3.63, 3.8) is 0 Å². The Kier molecular flexibility index (Phi) is 4.68. The van der Waals surface area contributed by atoms with Crippen molar-refractivity contribution in [1.29, 1.82) is 0 Å². The lowest BCUT2D eigenvalue weighted by Gasteiger charge is -2.49. The molecule has 2 fully saturated rings. The third-order valence-electron chi connectivity index (χ3n) is 5.01. The maximum absolute atomic E-state index is 3.87. The average molecular weight is 384 g/mol. The van der Waals surface area contributed by atoms with Crippen LogP contribution in [0, 0.1) is 3.57 Å². The van der Waals surface area contributed by atoms with Crippen molar-refractivity contribution in [3.8, 4) is 0 Å². The topological polar surface area (TPSA) is 15.3 Å². The van der Waals surface area contributed by atoms with E-state index in [9.17, 15) is 0 Å². The molecule has 2 nitrogen and oxygen atoms in total.